The van der Waals surface area contributed by atoms with Crippen molar-refractivity contribution in [3.05, 3.63) is 120 Å². The minimum absolute atomic E-state index is 0.0403. The van der Waals surface area contributed by atoms with Crippen LogP contribution in [-0.2, 0) is 15.1 Å². The molecule has 0 amide bonds. The number of ether oxygens (including phenoxy) is 2. The molecule has 1 aromatic heterocycles. The van der Waals surface area contributed by atoms with E-state index in [1.165, 1.54) is 20.2 Å². The van der Waals surface area contributed by atoms with Gasteiger partial charge in [0.25, 0.3) is 0 Å². The Morgan fingerprint density at radius 2 is 1.45 bits per heavy atom. The summed E-state index contributed by atoms with van der Waals surface area (Å²) >= 11 is 0. The van der Waals surface area contributed by atoms with Gasteiger partial charge in [0, 0.05) is 38.9 Å². The molecule has 4 aromatic carbocycles. The molecule has 0 aliphatic heterocycles. The number of thiophene rings is 1. The quantitative estimate of drug-likeness (QED) is 0.0957. The van der Waals surface area contributed by atoms with Crippen LogP contribution in [0.2, 0.25) is 0 Å². The minimum atomic E-state index is -1.56. The Morgan fingerprint density at radius 3 is 2.03 bits per heavy atom. The molecule has 190 valence electrons. The monoisotopic (exact) mass is 531 g/mol. The Balaban J connectivity index is 1.20. The first-order chi connectivity index (χ1) is 18.4. The van der Waals surface area contributed by atoms with Gasteiger partial charge < -0.3 is 9.47 Å². The molecule has 0 bridgehead atoms. The molecule has 6 rings (SSSR count). The van der Waals surface area contributed by atoms with E-state index in [1.807, 2.05) is 36.4 Å². The fourth-order valence-corrected chi connectivity index (χ4v) is 7.37. The molecule has 1 heterocycles. The van der Waals surface area contributed by atoms with E-state index >= 15 is 0 Å². The van der Waals surface area contributed by atoms with Crippen molar-refractivity contribution in [3.63, 3.8) is 0 Å². The third-order valence-electron chi connectivity index (χ3n) is 6.76. The van der Waals surface area contributed by atoms with E-state index in [-0.39, 0.29) is 16.0 Å². The molecule has 1 aliphatic rings. The number of hydrogen-bond donors (Lipinski definition) is 0. The summed E-state index contributed by atoms with van der Waals surface area (Å²) in [5.74, 6) is -4.44. The van der Waals surface area contributed by atoms with Crippen LogP contribution in [0.15, 0.2) is 97.1 Å². The zero-order valence-corrected chi connectivity index (χ0v) is 20.9. The highest BCUT2D eigenvalue weighted by atomic mass is 32.2. The van der Waals surface area contributed by atoms with Crippen molar-refractivity contribution in [1.82, 2.24) is 0 Å². The number of rotatable bonds is 6. The van der Waals surface area contributed by atoms with E-state index in [9.17, 15) is 18.0 Å². The smallest absolute Gasteiger partial charge is 0.345 e. The lowest BCUT2D eigenvalue weighted by Crippen LogP contribution is -2.31. The van der Waals surface area contributed by atoms with Crippen LogP contribution in [-0.4, -0.2) is 12.6 Å². The second kappa shape index (κ2) is 9.65. The Labute approximate surface area is 219 Å². The van der Waals surface area contributed by atoms with Gasteiger partial charge in [-0.3, -0.25) is 0 Å². The third kappa shape index (κ3) is 4.23. The normalized spacial score (nSPS) is 16.8. The molecule has 38 heavy (non-hydrogen) atoms. The van der Waals surface area contributed by atoms with E-state index in [1.54, 1.807) is 12.2 Å². The largest absolute Gasteiger partial charge is 0.482 e. The summed E-state index contributed by atoms with van der Waals surface area (Å²) in [7, 11) is -0.240. The van der Waals surface area contributed by atoms with Crippen LogP contribution in [0, 0.1) is 17.5 Å². The molecule has 0 saturated heterocycles. The lowest BCUT2D eigenvalue weighted by molar-refractivity contribution is -0.158. The highest BCUT2D eigenvalue weighted by Gasteiger charge is 2.37. The number of esters is 1. The number of benzene rings is 4. The van der Waals surface area contributed by atoms with Gasteiger partial charge in [0.05, 0.1) is 0 Å². The summed E-state index contributed by atoms with van der Waals surface area (Å²) < 4.78 is 55.1. The van der Waals surface area contributed by atoms with Gasteiger partial charge in [0.15, 0.2) is 44.0 Å². The molecule has 5 aromatic rings. The molecule has 3 nitrogen and oxygen atoms in total. The van der Waals surface area contributed by atoms with Gasteiger partial charge in [-0.15, -0.1) is 0 Å². The van der Waals surface area contributed by atoms with Crippen LogP contribution in [0.1, 0.15) is 18.4 Å². The lowest BCUT2D eigenvalue weighted by atomic mass is 9.92. The Bertz CT molecular complexity index is 1630. The summed E-state index contributed by atoms with van der Waals surface area (Å²) in [5.41, 5.74) is -1.33. The number of carbonyl (C=O) groups is 1. The fourth-order valence-electron chi connectivity index (χ4n) is 4.99. The van der Waals surface area contributed by atoms with Gasteiger partial charge in [-0.2, -0.15) is 0 Å². The molecule has 0 radical (unpaired) electrons. The van der Waals surface area contributed by atoms with Crippen LogP contribution in [0.25, 0.3) is 25.1 Å². The van der Waals surface area contributed by atoms with Crippen LogP contribution < -0.4 is 4.74 Å². The first-order valence-electron chi connectivity index (χ1n) is 12.2. The molecule has 1 aliphatic carbocycles. The minimum Gasteiger partial charge on any atom is -0.482 e. The van der Waals surface area contributed by atoms with E-state index in [2.05, 4.69) is 36.4 Å². The number of carbonyl (C=O) groups excluding carboxylic acids is 1. The summed E-state index contributed by atoms with van der Waals surface area (Å²) in [6, 6.07) is 26.1. The molecular formula is C31H22F3O3S+. The van der Waals surface area contributed by atoms with E-state index in [0.29, 0.717) is 18.6 Å². The van der Waals surface area contributed by atoms with Crippen molar-refractivity contribution in [2.45, 2.75) is 18.4 Å². The van der Waals surface area contributed by atoms with Crippen molar-refractivity contribution < 1.29 is 27.4 Å². The highest BCUT2D eigenvalue weighted by Crippen LogP contribution is 2.48. The summed E-state index contributed by atoms with van der Waals surface area (Å²) in [6.45, 7) is -0.390. The second-order valence-corrected chi connectivity index (χ2v) is 11.1. The molecular weight excluding hydrogens is 509 g/mol. The van der Waals surface area contributed by atoms with Crippen LogP contribution in [0.3, 0.4) is 0 Å². The van der Waals surface area contributed by atoms with Crippen molar-refractivity contribution in [2.24, 2.45) is 0 Å². The first-order valence-corrected chi connectivity index (χ1v) is 13.4. The highest BCUT2D eigenvalue weighted by molar-refractivity contribution is 7.50. The van der Waals surface area contributed by atoms with E-state index in [0.717, 1.165) is 17.0 Å². The van der Waals surface area contributed by atoms with Crippen LogP contribution in [0.4, 0.5) is 13.2 Å². The fraction of sp³-hybridized carbons (Fsp3) is 0.129. The number of fused-ring (bicyclic) bond motifs is 3. The van der Waals surface area contributed by atoms with Gasteiger partial charge in [0.1, 0.15) is 5.75 Å². The van der Waals surface area contributed by atoms with Crippen molar-refractivity contribution in [3.8, 4) is 10.6 Å². The summed E-state index contributed by atoms with van der Waals surface area (Å²) in [4.78, 5) is 13.8. The molecule has 0 spiro atoms. The maximum Gasteiger partial charge on any atom is 0.345 e. The topological polar surface area (TPSA) is 35.5 Å². The molecule has 1 unspecified atom stereocenters. The zero-order chi connectivity index (χ0) is 26.3. The maximum atomic E-state index is 13.9. The number of hydrogen-bond acceptors (Lipinski definition) is 3. The second-order valence-electron chi connectivity index (χ2n) is 9.12. The standard InChI is InChI=1S/C31H22F3O3S/c32-25-17-20(18-26(33)30(25)34)31(15-5-6-16-31)37-29(35)19-36-21-11-13-22(14-12-21)38-27-9-3-1-7-23(27)24-8-2-4-10-28(24)38/h1-5,7-15,17-18H,6,16,19H2/q+1. The van der Waals surface area contributed by atoms with Crippen LogP contribution in [0.5, 0.6) is 5.75 Å². The molecule has 7 heteroatoms. The average Bonchev–Trinajstić information content (AvgIpc) is 3.54. The average molecular weight is 532 g/mol. The number of halogens is 3. The predicted octanol–water partition coefficient (Wildman–Crippen LogP) is 8.32. The summed E-state index contributed by atoms with van der Waals surface area (Å²) in [6.07, 6.45) is 4.17. The van der Waals surface area contributed by atoms with Crippen molar-refractivity contribution >= 4 is 36.6 Å². The summed E-state index contributed by atoms with van der Waals surface area (Å²) in [5, 5.41) is 2.48. The lowest BCUT2D eigenvalue weighted by Gasteiger charge is -2.28. The number of allylic oxidation sites excluding steroid dienone is 1. The predicted molar refractivity (Wildman–Crippen MR) is 143 cm³/mol. The van der Waals surface area contributed by atoms with Gasteiger partial charge in [-0.25, -0.2) is 18.0 Å². The molecule has 0 fully saturated rings. The van der Waals surface area contributed by atoms with Crippen LogP contribution >= 0.6 is 10.5 Å². The van der Waals surface area contributed by atoms with Gasteiger partial charge in [-0.05, 0) is 67.4 Å². The Kier molecular flexibility index (Phi) is 6.16. The molecule has 1 atom stereocenters. The van der Waals surface area contributed by atoms with E-state index < -0.39 is 35.6 Å². The maximum absolute atomic E-state index is 13.9. The third-order valence-corrected chi connectivity index (χ3v) is 9.09. The Morgan fingerprint density at radius 1 is 0.842 bits per heavy atom. The Hall–Kier alpha value is -4.10. The zero-order valence-electron chi connectivity index (χ0n) is 20.1. The molecule has 0 saturated carbocycles. The SMILES string of the molecule is O=C(COc1ccc(-[s+]2c3ccccc3c3ccccc32)cc1)OC1(c2cc(F)c(F)c(F)c2)C=CCC1. The van der Waals surface area contributed by atoms with Gasteiger partial charge in [-0.1, -0.05) is 30.3 Å². The van der Waals surface area contributed by atoms with E-state index in [4.69, 9.17) is 9.47 Å². The van der Waals surface area contributed by atoms with Crippen molar-refractivity contribution in [2.75, 3.05) is 6.61 Å². The first kappa shape index (κ1) is 24.2. The van der Waals surface area contributed by atoms with Crippen molar-refractivity contribution in [1.29, 1.82) is 0 Å². The van der Waals surface area contributed by atoms with Gasteiger partial charge >= 0.3 is 5.97 Å². The van der Waals surface area contributed by atoms with Gasteiger partial charge in [0.2, 0.25) is 0 Å². The molecule has 0 N–H and O–H groups in total.